The highest BCUT2D eigenvalue weighted by molar-refractivity contribution is 5.70. The Hall–Kier alpha value is -1.88. The third kappa shape index (κ3) is 36.9. The van der Waals surface area contributed by atoms with Gasteiger partial charge in [0.25, 0.3) is 0 Å². The van der Waals surface area contributed by atoms with Crippen molar-refractivity contribution >= 4 is 11.9 Å². The van der Waals surface area contributed by atoms with Gasteiger partial charge in [-0.3, -0.25) is 9.59 Å². The average Bonchev–Trinajstić information content (AvgIpc) is 3.08. The molecule has 0 aromatic heterocycles. The molecule has 0 bridgehead atoms. The summed E-state index contributed by atoms with van der Waals surface area (Å²) in [6, 6.07) is 0. The third-order valence-corrected chi connectivity index (χ3v) is 8.69. The van der Waals surface area contributed by atoms with Crippen molar-refractivity contribution in [1.29, 1.82) is 0 Å². The van der Waals surface area contributed by atoms with E-state index >= 15 is 0 Å². The standard InChI is InChI=1S/C43H78O5/c1-4-7-10-13-15-17-19-20-21-22-23-25-27-29-32-35-38-46-39-41(48-43(45)37-34-30-12-9-6-3)40-47-42(44)36-33-31-28-26-24-18-16-14-11-8-5-2/h7,10,15,17,20-21,41H,4-6,8-9,11-14,16,18-19,22-40H2,1-3H3/b10-7-,17-15-,21-20-. The zero-order chi connectivity index (χ0) is 35.0. The zero-order valence-electron chi connectivity index (χ0n) is 32.0. The summed E-state index contributed by atoms with van der Waals surface area (Å²) in [6.07, 6.45) is 44.5. The van der Waals surface area contributed by atoms with Gasteiger partial charge in [-0.1, -0.05) is 173 Å². The summed E-state index contributed by atoms with van der Waals surface area (Å²) >= 11 is 0. The fraction of sp³-hybridized carbons (Fsp3) is 0.814. The molecule has 0 saturated heterocycles. The van der Waals surface area contributed by atoms with Gasteiger partial charge >= 0.3 is 11.9 Å². The Kier molecular flexibility index (Phi) is 38.0. The summed E-state index contributed by atoms with van der Waals surface area (Å²) in [5.41, 5.74) is 0. The number of rotatable bonds is 37. The molecule has 0 aliphatic heterocycles. The maximum absolute atomic E-state index is 12.5. The van der Waals surface area contributed by atoms with E-state index in [9.17, 15) is 9.59 Å². The molecule has 0 aliphatic carbocycles. The first kappa shape index (κ1) is 46.1. The second-order valence-electron chi connectivity index (χ2n) is 13.5. The second-order valence-corrected chi connectivity index (χ2v) is 13.5. The van der Waals surface area contributed by atoms with Crippen LogP contribution >= 0.6 is 0 Å². The van der Waals surface area contributed by atoms with E-state index in [2.05, 4.69) is 57.2 Å². The highest BCUT2D eigenvalue weighted by Gasteiger charge is 2.17. The van der Waals surface area contributed by atoms with Crippen LogP contribution in [0.25, 0.3) is 0 Å². The normalized spacial score (nSPS) is 12.5. The van der Waals surface area contributed by atoms with E-state index in [0.29, 0.717) is 19.4 Å². The minimum absolute atomic E-state index is 0.0828. The Bertz CT molecular complexity index is 771. The minimum atomic E-state index is -0.532. The molecular weight excluding hydrogens is 596 g/mol. The van der Waals surface area contributed by atoms with Crippen molar-refractivity contribution in [3.05, 3.63) is 36.5 Å². The first-order valence-corrected chi connectivity index (χ1v) is 20.5. The van der Waals surface area contributed by atoms with Gasteiger partial charge in [0.2, 0.25) is 0 Å². The first-order chi connectivity index (χ1) is 23.6. The third-order valence-electron chi connectivity index (χ3n) is 8.69. The summed E-state index contributed by atoms with van der Waals surface area (Å²) in [7, 11) is 0. The van der Waals surface area contributed by atoms with Gasteiger partial charge in [0, 0.05) is 19.4 Å². The lowest BCUT2D eigenvalue weighted by Crippen LogP contribution is -2.30. The van der Waals surface area contributed by atoms with Gasteiger partial charge in [-0.25, -0.2) is 0 Å². The number of ether oxygens (including phenoxy) is 3. The topological polar surface area (TPSA) is 61.8 Å². The molecule has 280 valence electrons. The Morgan fingerprint density at radius 3 is 1.50 bits per heavy atom. The maximum atomic E-state index is 12.5. The molecular formula is C43H78O5. The highest BCUT2D eigenvalue weighted by atomic mass is 16.6. The molecule has 0 saturated carbocycles. The van der Waals surface area contributed by atoms with Crippen molar-refractivity contribution in [3.8, 4) is 0 Å². The summed E-state index contributed by atoms with van der Waals surface area (Å²) < 4.78 is 17.1. The van der Waals surface area contributed by atoms with Crippen LogP contribution in [0.4, 0.5) is 0 Å². The van der Waals surface area contributed by atoms with Crippen molar-refractivity contribution < 1.29 is 23.8 Å². The summed E-state index contributed by atoms with van der Waals surface area (Å²) in [6.45, 7) is 7.61. The Balaban J connectivity index is 4.10. The fourth-order valence-corrected chi connectivity index (χ4v) is 5.64. The molecule has 48 heavy (non-hydrogen) atoms. The Labute approximate surface area is 298 Å². The molecule has 0 amide bonds. The molecule has 0 spiro atoms. The van der Waals surface area contributed by atoms with Crippen LogP contribution in [0, 0.1) is 0 Å². The van der Waals surface area contributed by atoms with Gasteiger partial charge in [-0.2, -0.15) is 0 Å². The van der Waals surface area contributed by atoms with E-state index in [1.807, 2.05) is 0 Å². The van der Waals surface area contributed by atoms with Crippen LogP contribution in [-0.2, 0) is 23.8 Å². The molecule has 0 aromatic rings. The molecule has 0 aliphatic rings. The minimum Gasteiger partial charge on any atom is -0.462 e. The van der Waals surface area contributed by atoms with E-state index in [1.165, 1.54) is 96.3 Å². The number of carbonyl (C=O) groups is 2. The summed E-state index contributed by atoms with van der Waals surface area (Å²) in [4.78, 5) is 24.9. The van der Waals surface area contributed by atoms with Gasteiger partial charge in [-0.15, -0.1) is 0 Å². The van der Waals surface area contributed by atoms with Crippen LogP contribution < -0.4 is 0 Å². The number of esters is 2. The van der Waals surface area contributed by atoms with Crippen LogP contribution in [-0.4, -0.2) is 37.9 Å². The molecule has 0 radical (unpaired) electrons. The van der Waals surface area contributed by atoms with Gasteiger partial charge < -0.3 is 14.2 Å². The van der Waals surface area contributed by atoms with E-state index in [-0.39, 0.29) is 25.2 Å². The van der Waals surface area contributed by atoms with Gasteiger partial charge in [0.05, 0.1) is 6.61 Å². The van der Waals surface area contributed by atoms with Crippen molar-refractivity contribution in [2.45, 2.75) is 207 Å². The van der Waals surface area contributed by atoms with Gasteiger partial charge in [0.15, 0.2) is 6.10 Å². The van der Waals surface area contributed by atoms with Crippen LogP contribution in [0.3, 0.4) is 0 Å². The second kappa shape index (κ2) is 39.6. The predicted molar refractivity (Wildman–Crippen MR) is 205 cm³/mol. The molecule has 5 heteroatoms. The zero-order valence-corrected chi connectivity index (χ0v) is 32.0. The SMILES string of the molecule is CC/C=C\C/C=C\C/C=C\CCCCCCCCOCC(COC(=O)CCCCCCCCCCCCC)OC(=O)CCCCCCC. The molecule has 0 fully saturated rings. The average molecular weight is 675 g/mol. The largest absolute Gasteiger partial charge is 0.462 e. The molecule has 1 unspecified atom stereocenters. The van der Waals surface area contributed by atoms with Gasteiger partial charge in [0.1, 0.15) is 6.61 Å². The smallest absolute Gasteiger partial charge is 0.306 e. The molecule has 0 aromatic carbocycles. The molecule has 0 rings (SSSR count). The number of hydrogen-bond acceptors (Lipinski definition) is 5. The number of hydrogen-bond donors (Lipinski definition) is 0. The number of carbonyl (C=O) groups excluding carboxylic acids is 2. The number of allylic oxidation sites excluding steroid dienone is 6. The van der Waals surface area contributed by atoms with Crippen LogP contribution in [0.1, 0.15) is 201 Å². The number of unbranched alkanes of at least 4 members (excludes halogenated alkanes) is 20. The molecule has 1 atom stereocenters. The highest BCUT2D eigenvalue weighted by Crippen LogP contribution is 2.13. The lowest BCUT2D eigenvalue weighted by molar-refractivity contribution is -0.163. The fourth-order valence-electron chi connectivity index (χ4n) is 5.64. The quantitative estimate of drug-likeness (QED) is 0.0373. The first-order valence-electron chi connectivity index (χ1n) is 20.5. The predicted octanol–water partition coefficient (Wildman–Crippen LogP) is 13.1. The van der Waals surface area contributed by atoms with E-state index in [1.54, 1.807) is 0 Å². The van der Waals surface area contributed by atoms with Crippen molar-refractivity contribution in [3.63, 3.8) is 0 Å². The lowest BCUT2D eigenvalue weighted by atomic mass is 10.1. The maximum Gasteiger partial charge on any atom is 0.306 e. The van der Waals surface area contributed by atoms with Crippen LogP contribution in [0.15, 0.2) is 36.5 Å². The van der Waals surface area contributed by atoms with Crippen LogP contribution in [0.2, 0.25) is 0 Å². The van der Waals surface area contributed by atoms with E-state index in [4.69, 9.17) is 14.2 Å². The molecule has 0 heterocycles. The van der Waals surface area contributed by atoms with Crippen molar-refractivity contribution in [2.24, 2.45) is 0 Å². The van der Waals surface area contributed by atoms with Crippen molar-refractivity contribution in [1.82, 2.24) is 0 Å². The molecule has 0 N–H and O–H groups in total. The summed E-state index contributed by atoms with van der Waals surface area (Å²) in [5.74, 6) is -0.415. The summed E-state index contributed by atoms with van der Waals surface area (Å²) in [5, 5.41) is 0. The van der Waals surface area contributed by atoms with Gasteiger partial charge in [-0.05, 0) is 51.4 Å². The lowest BCUT2D eigenvalue weighted by Gasteiger charge is -2.18. The van der Waals surface area contributed by atoms with E-state index in [0.717, 1.165) is 70.6 Å². The van der Waals surface area contributed by atoms with E-state index < -0.39 is 6.10 Å². The Morgan fingerprint density at radius 1 is 0.479 bits per heavy atom. The monoisotopic (exact) mass is 675 g/mol. The van der Waals surface area contributed by atoms with Crippen LogP contribution in [0.5, 0.6) is 0 Å². The van der Waals surface area contributed by atoms with Crippen molar-refractivity contribution in [2.75, 3.05) is 19.8 Å². The Morgan fingerprint density at radius 2 is 0.938 bits per heavy atom. The molecule has 5 nitrogen and oxygen atoms in total.